The Hall–Kier alpha value is -2.85. The molecule has 32 heavy (non-hydrogen) atoms. The third kappa shape index (κ3) is 6.57. The summed E-state index contributed by atoms with van der Waals surface area (Å²) in [5, 5.41) is 10.3. The van der Waals surface area contributed by atoms with Crippen LogP contribution in [0.3, 0.4) is 0 Å². The zero-order valence-electron chi connectivity index (χ0n) is 19.3. The topological polar surface area (TPSA) is 114 Å². The van der Waals surface area contributed by atoms with Gasteiger partial charge in [-0.25, -0.2) is 9.97 Å². The molecule has 0 aliphatic carbocycles. The minimum absolute atomic E-state index is 0.00245. The Labute approximate surface area is 188 Å². The van der Waals surface area contributed by atoms with Gasteiger partial charge < -0.3 is 15.4 Å². The first kappa shape index (κ1) is 23.8. The van der Waals surface area contributed by atoms with Crippen LogP contribution in [0.1, 0.15) is 36.3 Å². The van der Waals surface area contributed by atoms with Gasteiger partial charge in [-0.05, 0) is 59.2 Å². The molecule has 0 unspecified atom stereocenters. The quantitative estimate of drug-likeness (QED) is 0.563. The van der Waals surface area contributed by atoms with Gasteiger partial charge in [0.15, 0.2) is 0 Å². The van der Waals surface area contributed by atoms with Crippen LogP contribution in [0.4, 0.5) is 5.82 Å². The summed E-state index contributed by atoms with van der Waals surface area (Å²) in [5.41, 5.74) is 2.44. The molecular formula is C22H33N7O3. The monoisotopic (exact) mass is 443 g/mol. The lowest BCUT2D eigenvalue weighted by atomic mass is 9.96. The van der Waals surface area contributed by atoms with Crippen molar-refractivity contribution in [3.63, 3.8) is 0 Å². The Balaban J connectivity index is 1.51. The van der Waals surface area contributed by atoms with Crippen molar-refractivity contribution in [3.8, 4) is 5.95 Å². The van der Waals surface area contributed by atoms with Crippen LogP contribution in [-0.4, -0.2) is 76.4 Å². The third-order valence-electron chi connectivity index (χ3n) is 5.41. The number of piperidine rings is 1. The normalized spacial score (nSPS) is 15.0. The number of hydrogen-bond donors (Lipinski definition) is 2. The summed E-state index contributed by atoms with van der Waals surface area (Å²) < 4.78 is 6.56. The fraction of sp³-hybridized carbons (Fsp3) is 0.591. The fourth-order valence-corrected chi connectivity index (χ4v) is 3.85. The summed E-state index contributed by atoms with van der Waals surface area (Å²) in [5.74, 6) is 0.949. The van der Waals surface area contributed by atoms with Crippen molar-refractivity contribution in [1.82, 2.24) is 30.0 Å². The largest absolute Gasteiger partial charge is 0.385 e. The van der Waals surface area contributed by atoms with Crippen LogP contribution in [0.5, 0.6) is 0 Å². The molecule has 0 radical (unpaired) electrons. The molecule has 2 aromatic rings. The average molecular weight is 444 g/mol. The number of carbonyl (C=O) groups is 2. The molecule has 3 rings (SSSR count). The standard InChI is InChI=1S/C22H33N7O3/c1-15-12-16(2)25-22(24-15)29-19(13-17(3)27-29)26-20(30)14-28-9-6-18(7-10-28)21(31)23-8-5-11-32-4/h12-13,18H,5-11,14H2,1-4H3,(H,23,31)(H,26,30). The maximum atomic E-state index is 12.7. The highest BCUT2D eigenvalue weighted by Crippen LogP contribution is 2.18. The van der Waals surface area contributed by atoms with Crippen molar-refractivity contribution in [2.75, 3.05) is 45.2 Å². The number of amides is 2. The number of methoxy groups -OCH3 is 1. The van der Waals surface area contributed by atoms with Crippen molar-refractivity contribution in [1.29, 1.82) is 0 Å². The van der Waals surface area contributed by atoms with Gasteiger partial charge in [-0.15, -0.1) is 0 Å². The number of anilines is 1. The molecule has 174 valence electrons. The predicted molar refractivity (Wildman–Crippen MR) is 121 cm³/mol. The summed E-state index contributed by atoms with van der Waals surface area (Å²) in [4.78, 5) is 35.9. The van der Waals surface area contributed by atoms with Crippen molar-refractivity contribution in [2.24, 2.45) is 5.92 Å². The lowest BCUT2D eigenvalue weighted by molar-refractivity contribution is -0.126. The van der Waals surface area contributed by atoms with E-state index in [9.17, 15) is 9.59 Å². The molecule has 0 atom stereocenters. The van der Waals surface area contributed by atoms with Crippen molar-refractivity contribution in [2.45, 2.75) is 40.0 Å². The smallest absolute Gasteiger partial charge is 0.252 e. The molecule has 0 spiro atoms. The van der Waals surface area contributed by atoms with Crippen LogP contribution in [0.25, 0.3) is 5.95 Å². The lowest BCUT2D eigenvalue weighted by Crippen LogP contribution is -2.43. The Bertz CT molecular complexity index is 915. The zero-order chi connectivity index (χ0) is 23.1. The van der Waals surface area contributed by atoms with E-state index in [1.807, 2.05) is 26.8 Å². The van der Waals surface area contributed by atoms with Gasteiger partial charge in [-0.3, -0.25) is 14.5 Å². The predicted octanol–water partition coefficient (Wildman–Crippen LogP) is 1.39. The Morgan fingerprint density at radius 1 is 1.09 bits per heavy atom. The molecule has 0 aromatic carbocycles. The number of aryl methyl sites for hydroxylation is 3. The minimum Gasteiger partial charge on any atom is -0.385 e. The number of rotatable bonds is 9. The molecule has 1 aliphatic rings. The SMILES string of the molecule is COCCCNC(=O)C1CCN(CC(=O)Nc2cc(C)nn2-c2nc(C)cc(C)n2)CC1. The lowest BCUT2D eigenvalue weighted by Gasteiger charge is -2.30. The van der Waals surface area contributed by atoms with Crippen LogP contribution < -0.4 is 10.6 Å². The van der Waals surface area contributed by atoms with Gasteiger partial charge >= 0.3 is 0 Å². The van der Waals surface area contributed by atoms with Crippen LogP contribution in [0.2, 0.25) is 0 Å². The van der Waals surface area contributed by atoms with E-state index in [0.717, 1.165) is 36.3 Å². The number of ether oxygens (including phenoxy) is 1. The second-order valence-corrected chi connectivity index (χ2v) is 8.27. The first-order chi connectivity index (χ1) is 15.4. The fourth-order valence-electron chi connectivity index (χ4n) is 3.85. The van der Waals surface area contributed by atoms with Gasteiger partial charge in [0.2, 0.25) is 11.8 Å². The third-order valence-corrected chi connectivity index (χ3v) is 5.41. The number of aromatic nitrogens is 4. The molecule has 1 fully saturated rings. The van der Waals surface area contributed by atoms with E-state index in [2.05, 4.69) is 30.6 Å². The number of nitrogens with zero attached hydrogens (tertiary/aromatic N) is 5. The summed E-state index contributed by atoms with van der Waals surface area (Å²) in [6.07, 6.45) is 2.30. The van der Waals surface area contributed by atoms with Crippen LogP contribution in [0.15, 0.2) is 12.1 Å². The summed E-state index contributed by atoms with van der Waals surface area (Å²) >= 11 is 0. The van der Waals surface area contributed by atoms with E-state index in [-0.39, 0.29) is 24.3 Å². The van der Waals surface area contributed by atoms with E-state index >= 15 is 0 Å². The molecule has 0 bridgehead atoms. The van der Waals surface area contributed by atoms with Gasteiger partial charge in [0.1, 0.15) is 5.82 Å². The van der Waals surface area contributed by atoms with Gasteiger partial charge in [-0.2, -0.15) is 9.78 Å². The maximum Gasteiger partial charge on any atom is 0.252 e. The van der Waals surface area contributed by atoms with Gasteiger partial charge in [0, 0.05) is 43.6 Å². The molecular weight excluding hydrogens is 410 g/mol. The van der Waals surface area contributed by atoms with E-state index in [4.69, 9.17) is 4.74 Å². The summed E-state index contributed by atoms with van der Waals surface area (Å²) in [6, 6.07) is 3.70. The highest BCUT2D eigenvalue weighted by molar-refractivity contribution is 5.91. The Morgan fingerprint density at radius 3 is 2.44 bits per heavy atom. The summed E-state index contributed by atoms with van der Waals surface area (Å²) in [7, 11) is 1.65. The zero-order valence-corrected chi connectivity index (χ0v) is 19.3. The van der Waals surface area contributed by atoms with E-state index in [1.165, 1.54) is 0 Å². The van der Waals surface area contributed by atoms with E-state index in [1.54, 1.807) is 17.9 Å². The summed E-state index contributed by atoms with van der Waals surface area (Å²) in [6.45, 7) is 8.62. The minimum atomic E-state index is -0.127. The van der Waals surface area contributed by atoms with Crippen molar-refractivity contribution >= 4 is 17.6 Å². The maximum absolute atomic E-state index is 12.7. The van der Waals surface area contributed by atoms with Crippen molar-refractivity contribution in [3.05, 3.63) is 29.2 Å². The van der Waals surface area contributed by atoms with Gasteiger partial charge in [0.05, 0.1) is 12.2 Å². The highest BCUT2D eigenvalue weighted by Gasteiger charge is 2.26. The Kier molecular flexibility index (Phi) is 8.29. The molecule has 1 aliphatic heterocycles. The molecule has 2 N–H and O–H groups in total. The molecule has 10 heteroatoms. The molecule has 0 saturated carbocycles. The molecule has 2 amide bonds. The molecule has 1 saturated heterocycles. The Morgan fingerprint density at radius 2 is 1.78 bits per heavy atom. The molecule has 10 nitrogen and oxygen atoms in total. The van der Waals surface area contributed by atoms with Crippen molar-refractivity contribution < 1.29 is 14.3 Å². The van der Waals surface area contributed by atoms with Crippen LogP contribution in [-0.2, 0) is 14.3 Å². The van der Waals surface area contributed by atoms with Crippen LogP contribution >= 0.6 is 0 Å². The van der Waals surface area contributed by atoms with Gasteiger partial charge in [0.25, 0.3) is 5.95 Å². The average Bonchev–Trinajstić information content (AvgIpc) is 3.10. The second-order valence-electron chi connectivity index (χ2n) is 8.27. The van der Waals surface area contributed by atoms with E-state index in [0.29, 0.717) is 38.0 Å². The van der Waals surface area contributed by atoms with E-state index < -0.39 is 0 Å². The van der Waals surface area contributed by atoms with Crippen LogP contribution in [0, 0.1) is 26.7 Å². The highest BCUT2D eigenvalue weighted by atomic mass is 16.5. The number of likely N-dealkylation sites (tertiary alicyclic amines) is 1. The molecule has 3 heterocycles. The second kappa shape index (κ2) is 11.1. The number of hydrogen-bond acceptors (Lipinski definition) is 7. The number of carbonyl (C=O) groups excluding carboxylic acids is 2. The number of nitrogens with one attached hydrogen (secondary N) is 2. The molecule has 2 aromatic heterocycles. The van der Waals surface area contributed by atoms with Gasteiger partial charge in [-0.1, -0.05) is 0 Å². The first-order valence-electron chi connectivity index (χ1n) is 11.0. The first-order valence-corrected chi connectivity index (χ1v) is 11.0.